The van der Waals surface area contributed by atoms with Crippen molar-refractivity contribution in [3.05, 3.63) is 89.5 Å². The molecule has 6 nitrogen and oxygen atoms in total. The fraction of sp³-hybridized carbons (Fsp3) is 0.240. The first-order valence-corrected chi connectivity index (χ1v) is 10.4. The van der Waals surface area contributed by atoms with Crippen LogP contribution in [0.25, 0.3) is 0 Å². The number of rotatable bonds is 10. The van der Waals surface area contributed by atoms with Gasteiger partial charge in [-0.25, -0.2) is 0 Å². The van der Waals surface area contributed by atoms with Crippen LogP contribution in [-0.4, -0.2) is 37.4 Å². The van der Waals surface area contributed by atoms with E-state index in [0.717, 1.165) is 17.7 Å². The third-order valence-electron chi connectivity index (χ3n) is 4.76. The topological polar surface area (TPSA) is 77.0 Å². The van der Waals surface area contributed by atoms with Crippen molar-refractivity contribution in [3.63, 3.8) is 0 Å². The number of hydrogen-bond acceptors (Lipinski definition) is 5. The minimum atomic E-state index is -4.49. The molecule has 0 aromatic heterocycles. The van der Waals surface area contributed by atoms with Gasteiger partial charge in [0.1, 0.15) is 25.1 Å². The second kappa shape index (κ2) is 11.4. The number of ether oxygens (including phenoxy) is 3. The van der Waals surface area contributed by atoms with E-state index in [4.69, 9.17) is 14.2 Å². The van der Waals surface area contributed by atoms with Gasteiger partial charge in [-0.3, -0.25) is 4.79 Å². The van der Waals surface area contributed by atoms with Crippen molar-refractivity contribution in [2.24, 2.45) is 0 Å². The normalized spacial score (nSPS) is 12.0. The van der Waals surface area contributed by atoms with Crippen molar-refractivity contribution in [2.75, 3.05) is 20.3 Å². The van der Waals surface area contributed by atoms with Gasteiger partial charge in [0.15, 0.2) is 11.5 Å². The molecule has 3 aromatic rings. The summed E-state index contributed by atoms with van der Waals surface area (Å²) in [6, 6.07) is 18.6. The lowest BCUT2D eigenvalue weighted by Gasteiger charge is -2.15. The van der Waals surface area contributed by atoms with Gasteiger partial charge in [-0.1, -0.05) is 36.4 Å². The molecule has 1 unspecified atom stereocenters. The van der Waals surface area contributed by atoms with Crippen LogP contribution >= 0.6 is 0 Å². The number of carbonyl (C=O) groups is 1. The summed E-state index contributed by atoms with van der Waals surface area (Å²) < 4.78 is 54.6. The monoisotopic (exact) mass is 475 g/mol. The van der Waals surface area contributed by atoms with E-state index in [1.54, 1.807) is 12.1 Å². The molecule has 0 radical (unpaired) electrons. The summed E-state index contributed by atoms with van der Waals surface area (Å²) in [5, 5.41) is 12.6. The summed E-state index contributed by atoms with van der Waals surface area (Å²) in [7, 11) is 1.46. The lowest BCUT2D eigenvalue weighted by atomic mass is 10.2. The number of hydrogen-bond donors (Lipinski definition) is 2. The maximum absolute atomic E-state index is 12.8. The lowest BCUT2D eigenvalue weighted by Crippen LogP contribution is -2.35. The van der Waals surface area contributed by atoms with Crippen LogP contribution in [0.4, 0.5) is 13.2 Å². The van der Waals surface area contributed by atoms with Crippen LogP contribution in [0.15, 0.2) is 72.8 Å². The Balaban J connectivity index is 1.51. The molecule has 0 fully saturated rings. The average molecular weight is 475 g/mol. The van der Waals surface area contributed by atoms with E-state index in [9.17, 15) is 23.1 Å². The highest BCUT2D eigenvalue weighted by atomic mass is 19.4. The van der Waals surface area contributed by atoms with Crippen molar-refractivity contribution in [1.82, 2.24) is 5.32 Å². The fourth-order valence-electron chi connectivity index (χ4n) is 2.99. The van der Waals surface area contributed by atoms with Crippen LogP contribution in [0.2, 0.25) is 0 Å². The van der Waals surface area contributed by atoms with Crippen LogP contribution in [0.3, 0.4) is 0 Å². The predicted octanol–water partition coefficient (Wildman–Crippen LogP) is 4.46. The molecule has 1 atom stereocenters. The van der Waals surface area contributed by atoms with Gasteiger partial charge in [-0.2, -0.15) is 13.2 Å². The van der Waals surface area contributed by atoms with Gasteiger partial charge in [0.05, 0.1) is 12.7 Å². The Hall–Kier alpha value is -3.72. The number of benzene rings is 3. The highest BCUT2D eigenvalue weighted by molar-refractivity contribution is 5.94. The van der Waals surface area contributed by atoms with E-state index in [0.29, 0.717) is 18.1 Å². The van der Waals surface area contributed by atoms with Gasteiger partial charge in [0.25, 0.3) is 5.91 Å². The molecule has 2 N–H and O–H groups in total. The van der Waals surface area contributed by atoms with E-state index in [-0.39, 0.29) is 24.5 Å². The number of carbonyl (C=O) groups excluding carboxylic acids is 1. The minimum absolute atomic E-state index is 0.0315. The quantitative estimate of drug-likeness (QED) is 0.453. The SMILES string of the molecule is COc1cc(C(=O)NCC(O)COc2cccc(C(F)(F)F)c2)ccc1OCc1ccccc1. The zero-order chi connectivity index (χ0) is 24.6. The van der Waals surface area contributed by atoms with Crippen LogP contribution in [0.1, 0.15) is 21.5 Å². The van der Waals surface area contributed by atoms with Crippen molar-refractivity contribution in [1.29, 1.82) is 0 Å². The highest BCUT2D eigenvalue weighted by Crippen LogP contribution is 2.31. The second-order valence-electron chi connectivity index (χ2n) is 7.34. The Morgan fingerprint density at radius 3 is 2.44 bits per heavy atom. The maximum Gasteiger partial charge on any atom is 0.416 e. The van der Waals surface area contributed by atoms with Crippen molar-refractivity contribution in [2.45, 2.75) is 18.9 Å². The molecule has 3 rings (SSSR count). The molecule has 0 saturated carbocycles. The molecule has 0 heterocycles. The highest BCUT2D eigenvalue weighted by Gasteiger charge is 2.30. The van der Waals surface area contributed by atoms with Crippen molar-refractivity contribution < 1.29 is 37.3 Å². The number of aliphatic hydroxyl groups excluding tert-OH is 1. The van der Waals surface area contributed by atoms with Crippen molar-refractivity contribution in [3.8, 4) is 17.2 Å². The Kier molecular flexibility index (Phi) is 8.37. The second-order valence-corrected chi connectivity index (χ2v) is 7.34. The van der Waals surface area contributed by atoms with E-state index in [1.807, 2.05) is 30.3 Å². The van der Waals surface area contributed by atoms with E-state index >= 15 is 0 Å². The third kappa shape index (κ3) is 7.14. The van der Waals surface area contributed by atoms with Gasteiger partial charge < -0.3 is 24.6 Å². The Morgan fingerprint density at radius 1 is 0.971 bits per heavy atom. The predicted molar refractivity (Wildman–Crippen MR) is 119 cm³/mol. The van der Waals surface area contributed by atoms with E-state index < -0.39 is 23.8 Å². The first-order valence-electron chi connectivity index (χ1n) is 10.4. The largest absolute Gasteiger partial charge is 0.493 e. The number of alkyl halides is 3. The van der Waals surface area contributed by atoms with Gasteiger partial charge in [-0.15, -0.1) is 0 Å². The summed E-state index contributed by atoms with van der Waals surface area (Å²) in [5.41, 5.74) is 0.417. The first-order chi connectivity index (χ1) is 16.3. The molecule has 9 heteroatoms. The molecular weight excluding hydrogens is 451 g/mol. The molecule has 180 valence electrons. The molecule has 34 heavy (non-hydrogen) atoms. The third-order valence-corrected chi connectivity index (χ3v) is 4.76. The molecule has 1 amide bonds. The van der Waals surface area contributed by atoms with E-state index in [2.05, 4.69) is 5.32 Å². The van der Waals surface area contributed by atoms with Gasteiger partial charge in [-0.05, 0) is 42.0 Å². The van der Waals surface area contributed by atoms with Crippen LogP contribution in [-0.2, 0) is 12.8 Å². The smallest absolute Gasteiger partial charge is 0.416 e. The van der Waals surface area contributed by atoms with E-state index in [1.165, 1.54) is 25.3 Å². The first kappa shape index (κ1) is 24.9. The molecular formula is C25H24F3NO5. The van der Waals surface area contributed by atoms with Gasteiger partial charge >= 0.3 is 6.18 Å². The number of methoxy groups -OCH3 is 1. The fourth-order valence-corrected chi connectivity index (χ4v) is 2.99. The molecule has 3 aromatic carbocycles. The molecule has 0 saturated heterocycles. The zero-order valence-electron chi connectivity index (χ0n) is 18.3. The number of aliphatic hydroxyl groups is 1. The van der Waals surface area contributed by atoms with Gasteiger partial charge in [0, 0.05) is 12.1 Å². The van der Waals surface area contributed by atoms with Crippen molar-refractivity contribution >= 4 is 5.91 Å². The molecule has 0 aliphatic heterocycles. The summed E-state index contributed by atoms with van der Waals surface area (Å²) in [6.45, 7) is -0.121. The summed E-state index contributed by atoms with van der Waals surface area (Å²) in [6.07, 6.45) is -5.62. The number of nitrogens with one attached hydrogen (secondary N) is 1. The standard InChI is InChI=1S/C25H24F3NO5/c1-32-23-12-18(10-11-22(23)34-15-17-6-3-2-4-7-17)24(31)29-14-20(30)16-33-21-9-5-8-19(13-21)25(26,27)28/h2-13,20,30H,14-16H2,1H3,(H,29,31). The summed E-state index contributed by atoms with van der Waals surface area (Å²) in [5.74, 6) is 0.344. The Labute approximate surface area is 194 Å². The molecule has 0 spiro atoms. The Morgan fingerprint density at radius 2 is 1.74 bits per heavy atom. The van der Waals surface area contributed by atoms with Gasteiger partial charge in [0.2, 0.25) is 0 Å². The Bertz CT molecular complexity index is 1090. The average Bonchev–Trinajstić information content (AvgIpc) is 2.85. The number of halogens is 3. The molecule has 0 bridgehead atoms. The maximum atomic E-state index is 12.8. The molecule has 0 aliphatic carbocycles. The lowest BCUT2D eigenvalue weighted by molar-refractivity contribution is -0.137. The summed E-state index contributed by atoms with van der Waals surface area (Å²) in [4.78, 5) is 12.5. The minimum Gasteiger partial charge on any atom is -0.493 e. The molecule has 0 aliphatic rings. The van der Waals surface area contributed by atoms with Crippen LogP contribution in [0, 0.1) is 0 Å². The van der Waals surface area contributed by atoms with Crippen LogP contribution in [0.5, 0.6) is 17.2 Å². The summed E-state index contributed by atoms with van der Waals surface area (Å²) >= 11 is 0. The number of amides is 1. The zero-order valence-corrected chi connectivity index (χ0v) is 18.3. The van der Waals surface area contributed by atoms with Crippen LogP contribution < -0.4 is 19.5 Å².